The van der Waals surface area contributed by atoms with Gasteiger partial charge in [0.05, 0.1) is 24.5 Å². The molecule has 1 aliphatic rings. The summed E-state index contributed by atoms with van der Waals surface area (Å²) < 4.78 is 32.5. The van der Waals surface area contributed by atoms with Crippen molar-refractivity contribution in [3.8, 4) is 5.75 Å². The predicted molar refractivity (Wildman–Crippen MR) is 113 cm³/mol. The molecule has 0 aliphatic heterocycles. The number of benzene rings is 2. The lowest BCUT2D eigenvalue weighted by Gasteiger charge is -2.18. The summed E-state index contributed by atoms with van der Waals surface area (Å²) in [6.07, 6.45) is 1.67. The first-order valence-corrected chi connectivity index (χ1v) is 11.1. The monoisotopic (exact) mass is 431 g/mol. The van der Waals surface area contributed by atoms with Gasteiger partial charge in [-0.3, -0.25) is 9.59 Å². The SMILES string of the molecule is COc1ccc([C@@H](CC(=O)Nc2cccc(S(=O)(=O)NC3CC3)c2)NC(C)=O)cc1. The summed E-state index contributed by atoms with van der Waals surface area (Å²) in [5, 5.41) is 5.48. The first-order chi connectivity index (χ1) is 14.3. The van der Waals surface area contributed by atoms with E-state index in [1.54, 1.807) is 43.5 Å². The lowest BCUT2D eigenvalue weighted by Crippen LogP contribution is -2.30. The van der Waals surface area contributed by atoms with Crippen LogP contribution in [0.1, 0.15) is 37.8 Å². The molecule has 1 saturated carbocycles. The lowest BCUT2D eigenvalue weighted by atomic mass is 10.0. The van der Waals surface area contributed by atoms with Crippen LogP contribution in [0.5, 0.6) is 5.75 Å². The van der Waals surface area contributed by atoms with Crippen LogP contribution in [0.4, 0.5) is 5.69 Å². The topological polar surface area (TPSA) is 114 Å². The molecule has 9 heteroatoms. The number of methoxy groups -OCH3 is 1. The fourth-order valence-electron chi connectivity index (χ4n) is 2.96. The first-order valence-electron chi connectivity index (χ1n) is 9.60. The first kappa shape index (κ1) is 21.8. The second-order valence-corrected chi connectivity index (χ2v) is 8.92. The van der Waals surface area contributed by atoms with Gasteiger partial charge in [-0.25, -0.2) is 13.1 Å². The predicted octanol–water partition coefficient (Wildman–Crippen LogP) is 2.34. The summed E-state index contributed by atoms with van der Waals surface area (Å²) in [7, 11) is -2.06. The van der Waals surface area contributed by atoms with Gasteiger partial charge >= 0.3 is 0 Å². The standard InChI is InChI=1S/C21H25N3O5S/c1-14(25)22-20(15-6-10-18(29-2)11-7-15)13-21(26)23-17-4-3-5-19(12-17)30(27,28)24-16-8-9-16/h3-7,10-12,16,20,24H,8-9,13H2,1-2H3,(H,22,25)(H,23,26)/t20-/m1/s1. The Bertz CT molecular complexity index is 1020. The molecule has 1 fully saturated rings. The van der Waals surface area contributed by atoms with Crippen LogP contribution in [0.15, 0.2) is 53.4 Å². The van der Waals surface area contributed by atoms with Crippen LogP contribution in [0.3, 0.4) is 0 Å². The number of anilines is 1. The average Bonchev–Trinajstić information content (AvgIpc) is 3.50. The van der Waals surface area contributed by atoms with Gasteiger partial charge in [-0.15, -0.1) is 0 Å². The zero-order chi connectivity index (χ0) is 21.7. The molecule has 2 amide bonds. The van der Waals surface area contributed by atoms with Crippen LogP contribution in [-0.4, -0.2) is 33.4 Å². The van der Waals surface area contributed by atoms with E-state index >= 15 is 0 Å². The number of ether oxygens (including phenoxy) is 1. The molecule has 3 N–H and O–H groups in total. The minimum Gasteiger partial charge on any atom is -0.497 e. The minimum absolute atomic E-state index is 0.00356. The van der Waals surface area contributed by atoms with E-state index < -0.39 is 16.1 Å². The number of hydrogen-bond donors (Lipinski definition) is 3. The van der Waals surface area contributed by atoms with Crippen molar-refractivity contribution in [2.75, 3.05) is 12.4 Å². The van der Waals surface area contributed by atoms with E-state index in [0.717, 1.165) is 18.4 Å². The minimum atomic E-state index is -3.61. The highest BCUT2D eigenvalue weighted by molar-refractivity contribution is 7.89. The van der Waals surface area contributed by atoms with Crippen molar-refractivity contribution in [2.45, 2.75) is 43.2 Å². The second kappa shape index (κ2) is 9.27. The van der Waals surface area contributed by atoms with Crippen molar-refractivity contribution >= 4 is 27.5 Å². The van der Waals surface area contributed by atoms with Gasteiger partial charge in [0.1, 0.15) is 5.75 Å². The molecule has 160 valence electrons. The van der Waals surface area contributed by atoms with E-state index in [1.165, 1.54) is 19.1 Å². The molecule has 8 nitrogen and oxygen atoms in total. The Kier molecular flexibility index (Phi) is 6.73. The third-order valence-electron chi connectivity index (χ3n) is 4.61. The molecule has 1 aliphatic carbocycles. The Hall–Kier alpha value is -2.91. The molecule has 0 bridgehead atoms. The normalized spacial score (nSPS) is 14.6. The van der Waals surface area contributed by atoms with E-state index in [-0.39, 0.29) is 29.2 Å². The number of amides is 2. The third-order valence-corrected chi connectivity index (χ3v) is 6.13. The molecule has 0 spiro atoms. The van der Waals surface area contributed by atoms with Gasteiger partial charge in [-0.1, -0.05) is 18.2 Å². The lowest BCUT2D eigenvalue weighted by molar-refractivity contribution is -0.120. The highest BCUT2D eigenvalue weighted by atomic mass is 32.2. The molecule has 0 radical (unpaired) electrons. The summed E-state index contributed by atoms with van der Waals surface area (Å²) >= 11 is 0. The molecular formula is C21H25N3O5S. The van der Waals surface area contributed by atoms with Gasteiger partial charge in [0.2, 0.25) is 21.8 Å². The van der Waals surface area contributed by atoms with Gasteiger partial charge in [-0.05, 0) is 48.7 Å². The summed E-state index contributed by atoms with van der Waals surface area (Å²) in [5.74, 6) is 0.0553. The molecule has 0 unspecified atom stereocenters. The molecule has 2 aromatic carbocycles. The van der Waals surface area contributed by atoms with Crippen LogP contribution in [0.2, 0.25) is 0 Å². The number of nitrogens with one attached hydrogen (secondary N) is 3. The van der Waals surface area contributed by atoms with E-state index in [2.05, 4.69) is 15.4 Å². The van der Waals surface area contributed by atoms with Gasteiger partial charge < -0.3 is 15.4 Å². The van der Waals surface area contributed by atoms with E-state index in [1.807, 2.05) is 0 Å². The zero-order valence-electron chi connectivity index (χ0n) is 16.8. The summed E-state index contributed by atoms with van der Waals surface area (Å²) in [6.45, 7) is 1.38. The molecular weight excluding hydrogens is 406 g/mol. The maximum absolute atomic E-state index is 12.6. The van der Waals surface area contributed by atoms with Crippen molar-refractivity contribution in [2.24, 2.45) is 0 Å². The number of carbonyl (C=O) groups excluding carboxylic acids is 2. The number of sulfonamides is 1. The van der Waals surface area contributed by atoms with Crippen LogP contribution in [0.25, 0.3) is 0 Å². The summed E-state index contributed by atoms with van der Waals surface area (Å²) in [6, 6.07) is 12.6. The highest BCUT2D eigenvalue weighted by Gasteiger charge is 2.28. The molecule has 30 heavy (non-hydrogen) atoms. The van der Waals surface area contributed by atoms with E-state index in [4.69, 9.17) is 4.74 Å². The fourth-order valence-corrected chi connectivity index (χ4v) is 4.31. The van der Waals surface area contributed by atoms with Crippen LogP contribution < -0.4 is 20.1 Å². The fraction of sp³-hybridized carbons (Fsp3) is 0.333. The summed E-state index contributed by atoms with van der Waals surface area (Å²) in [5.41, 5.74) is 1.13. The van der Waals surface area contributed by atoms with Gasteiger partial charge in [0, 0.05) is 18.7 Å². The number of rotatable bonds is 9. The van der Waals surface area contributed by atoms with Crippen LogP contribution in [0, 0.1) is 0 Å². The second-order valence-electron chi connectivity index (χ2n) is 7.20. The maximum atomic E-state index is 12.6. The molecule has 1 atom stereocenters. The average molecular weight is 432 g/mol. The van der Waals surface area contributed by atoms with Crippen LogP contribution in [-0.2, 0) is 19.6 Å². The van der Waals surface area contributed by atoms with Crippen molar-refractivity contribution in [1.82, 2.24) is 10.0 Å². The molecule has 0 aromatic heterocycles. The Labute approximate surface area is 176 Å². The Balaban J connectivity index is 1.70. The Morgan fingerprint density at radius 3 is 2.43 bits per heavy atom. The Morgan fingerprint density at radius 1 is 1.13 bits per heavy atom. The number of hydrogen-bond acceptors (Lipinski definition) is 5. The van der Waals surface area contributed by atoms with E-state index in [0.29, 0.717) is 11.4 Å². The van der Waals surface area contributed by atoms with Gasteiger partial charge in [0.15, 0.2) is 0 Å². The quantitative estimate of drug-likeness (QED) is 0.564. The van der Waals surface area contributed by atoms with Crippen LogP contribution >= 0.6 is 0 Å². The highest BCUT2D eigenvalue weighted by Crippen LogP contribution is 2.24. The van der Waals surface area contributed by atoms with E-state index in [9.17, 15) is 18.0 Å². The third kappa shape index (κ3) is 6.04. The molecule has 0 heterocycles. The smallest absolute Gasteiger partial charge is 0.240 e. The Morgan fingerprint density at radius 2 is 1.83 bits per heavy atom. The summed E-state index contributed by atoms with van der Waals surface area (Å²) in [4.78, 5) is 24.3. The van der Waals surface area contributed by atoms with Crippen molar-refractivity contribution in [1.29, 1.82) is 0 Å². The van der Waals surface area contributed by atoms with Crippen molar-refractivity contribution in [3.63, 3.8) is 0 Å². The zero-order valence-corrected chi connectivity index (χ0v) is 17.7. The largest absolute Gasteiger partial charge is 0.497 e. The molecule has 2 aromatic rings. The van der Waals surface area contributed by atoms with Gasteiger partial charge in [0.25, 0.3) is 0 Å². The molecule has 0 saturated heterocycles. The van der Waals surface area contributed by atoms with Gasteiger partial charge in [-0.2, -0.15) is 0 Å². The molecule has 3 rings (SSSR count). The maximum Gasteiger partial charge on any atom is 0.240 e. The van der Waals surface area contributed by atoms with Crippen molar-refractivity contribution in [3.05, 3.63) is 54.1 Å². The van der Waals surface area contributed by atoms with Crippen molar-refractivity contribution < 1.29 is 22.7 Å². The number of carbonyl (C=O) groups is 2.